The molecule has 0 spiro atoms. The summed E-state index contributed by atoms with van der Waals surface area (Å²) in [5.41, 5.74) is 2.69. The van der Waals surface area contributed by atoms with Gasteiger partial charge in [-0.15, -0.1) is 0 Å². The maximum atomic E-state index is 11.0. The molecular weight excluding hydrogens is 338 g/mol. The maximum absolute atomic E-state index is 11.0. The van der Waals surface area contributed by atoms with E-state index in [4.69, 9.17) is 5.11 Å². The summed E-state index contributed by atoms with van der Waals surface area (Å²) in [4.78, 5) is 16.1. The fourth-order valence-electron chi connectivity index (χ4n) is 4.37. The standard InChI is InChI=1S/C22H35N3O2/c1-18-5-4-6-21(17-18)25-15-13-24(14-16-25)12-3-2-11-23-20-9-7-19(8-10-20)22(26)27/h4-6,17,19-20,23H,2-3,7-16H2,1H3,(H,26,27). The van der Waals surface area contributed by atoms with E-state index >= 15 is 0 Å². The molecule has 27 heavy (non-hydrogen) atoms. The average Bonchev–Trinajstić information content (AvgIpc) is 2.68. The number of carboxylic acids is 1. The first-order valence-electron chi connectivity index (χ1n) is 10.6. The number of carboxylic acid groups (broad SMARTS) is 1. The van der Waals surface area contributed by atoms with Gasteiger partial charge in [-0.1, -0.05) is 12.1 Å². The lowest BCUT2D eigenvalue weighted by Crippen LogP contribution is -2.46. The second-order valence-corrected chi connectivity index (χ2v) is 8.22. The number of aryl methyl sites for hydroxylation is 1. The van der Waals surface area contributed by atoms with Gasteiger partial charge < -0.3 is 15.3 Å². The summed E-state index contributed by atoms with van der Waals surface area (Å²) < 4.78 is 0. The van der Waals surface area contributed by atoms with E-state index in [1.54, 1.807) is 0 Å². The Hall–Kier alpha value is -1.59. The molecule has 0 amide bonds. The lowest BCUT2D eigenvalue weighted by atomic mass is 9.86. The van der Waals surface area contributed by atoms with Gasteiger partial charge in [0.25, 0.3) is 0 Å². The summed E-state index contributed by atoms with van der Waals surface area (Å²) in [6.45, 7) is 8.95. The lowest BCUT2D eigenvalue weighted by Gasteiger charge is -2.36. The minimum absolute atomic E-state index is 0.110. The van der Waals surface area contributed by atoms with E-state index in [1.807, 2.05) is 0 Å². The summed E-state index contributed by atoms with van der Waals surface area (Å²) in [5.74, 6) is -0.725. The molecule has 1 saturated carbocycles. The Labute approximate surface area is 163 Å². The zero-order valence-corrected chi connectivity index (χ0v) is 16.7. The van der Waals surface area contributed by atoms with Crippen LogP contribution in [0.25, 0.3) is 0 Å². The molecule has 1 aromatic carbocycles. The number of hydrogen-bond donors (Lipinski definition) is 2. The largest absolute Gasteiger partial charge is 0.481 e. The van der Waals surface area contributed by atoms with Crippen LogP contribution >= 0.6 is 0 Å². The van der Waals surface area contributed by atoms with E-state index < -0.39 is 5.97 Å². The van der Waals surface area contributed by atoms with Gasteiger partial charge in [0.2, 0.25) is 0 Å². The summed E-state index contributed by atoms with van der Waals surface area (Å²) >= 11 is 0. The smallest absolute Gasteiger partial charge is 0.306 e. The SMILES string of the molecule is Cc1cccc(N2CCN(CCCCNC3CCC(C(=O)O)CC3)CC2)c1. The Balaban J connectivity index is 1.24. The maximum Gasteiger partial charge on any atom is 0.306 e. The van der Waals surface area contributed by atoms with Gasteiger partial charge in [0, 0.05) is 37.9 Å². The molecule has 3 rings (SSSR count). The van der Waals surface area contributed by atoms with Gasteiger partial charge in [-0.2, -0.15) is 0 Å². The highest BCUT2D eigenvalue weighted by molar-refractivity contribution is 5.70. The van der Waals surface area contributed by atoms with Crippen molar-refractivity contribution in [2.45, 2.75) is 51.5 Å². The highest BCUT2D eigenvalue weighted by atomic mass is 16.4. The van der Waals surface area contributed by atoms with Crippen LogP contribution in [-0.2, 0) is 4.79 Å². The van der Waals surface area contributed by atoms with Crippen LogP contribution in [0, 0.1) is 12.8 Å². The first-order chi connectivity index (χ1) is 13.1. The number of piperazine rings is 1. The van der Waals surface area contributed by atoms with Crippen LogP contribution in [0.3, 0.4) is 0 Å². The lowest BCUT2D eigenvalue weighted by molar-refractivity contribution is -0.142. The summed E-state index contributed by atoms with van der Waals surface area (Å²) in [6, 6.07) is 9.34. The third-order valence-electron chi connectivity index (χ3n) is 6.15. The molecule has 150 valence electrons. The van der Waals surface area contributed by atoms with E-state index in [-0.39, 0.29) is 5.92 Å². The predicted molar refractivity (Wildman–Crippen MR) is 110 cm³/mol. The Morgan fingerprint density at radius 2 is 1.85 bits per heavy atom. The molecule has 5 nitrogen and oxygen atoms in total. The summed E-state index contributed by atoms with van der Waals surface area (Å²) in [7, 11) is 0. The summed E-state index contributed by atoms with van der Waals surface area (Å²) in [5, 5.41) is 12.7. The number of nitrogens with zero attached hydrogens (tertiary/aromatic N) is 2. The molecule has 1 saturated heterocycles. The molecule has 0 radical (unpaired) electrons. The zero-order chi connectivity index (χ0) is 19.1. The number of carbonyl (C=O) groups is 1. The molecule has 0 unspecified atom stereocenters. The van der Waals surface area contributed by atoms with Crippen molar-refractivity contribution >= 4 is 11.7 Å². The number of aliphatic carboxylic acids is 1. The van der Waals surface area contributed by atoms with Crippen LogP contribution in [0.15, 0.2) is 24.3 Å². The second-order valence-electron chi connectivity index (χ2n) is 8.22. The minimum Gasteiger partial charge on any atom is -0.481 e. The highest BCUT2D eigenvalue weighted by Crippen LogP contribution is 2.24. The van der Waals surface area contributed by atoms with E-state index in [0.29, 0.717) is 6.04 Å². The molecule has 2 fully saturated rings. The van der Waals surface area contributed by atoms with Crippen LogP contribution in [-0.4, -0.2) is 61.3 Å². The van der Waals surface area contributed by atoms with E-state index in [0.717, 1.165) is 58.4 Å². The molecule has 0 bridgehead atoms. The average molecular weight is 374 g/mol. The van der Waals surface area contributed by atoms with Gasteiger partial charge in [0.05, 0.1) is 5.92 Å². The van der Waals surface area contributed by atoms with E-state index in [2.05, 4.69) is 46.3 Å². The fraction of sp³-hybridized carbons (Fsp3) is 0.682. The number of nitrogens with one attached hydrogen (secondary N) is 1. The molecule has 5 heteroatoms. The normalized spacial score (nSPS) is 24.1. The fourth-order valence-corrected chi connectivity index (χ4v) is 4.37. The molecule has 1 aromatic rings. The number of hydrogen-bond acceptors (Lipinski definition) is 4. The molecule has 0 aromatic heterocycles. The van der Waals surface area contributed by atoms with E-state index in [1.165, 1.54) is 30.6 Å². The van der Waals surface area contributed by atoms with E-state index in [9.17, 15) is 4.79 Å². The Bertz CT molecular complexity index is 591. The van der Waals surface area contributed by atoms with Gasteiger partial charge in [0.15, 0.2) is 0 Å². The van der Waals surface area contributed by atoms with Gasteiger partial charge in [-0.05, 0) is 76.2 Å². The first kappa shape index (κ1) is 20.2. The van der Waals surface area contributed by atoms with Crippen LogP contribution in [0.2, 0.25) is 0 Å². The van der Waals surface area contributed by atoms with Gasteiger partial charge in [-0.25, -0.2) is 0 Å². The van der Waals surface area contributed by atoms with Crippen LogP contribution in [0.1, 0.15) is 44.1 Å². The molecule has 1 heterocycles. The topological polar surface area (TPSA) is 55.8 Å². The molecule has 2 N–H and O–H groups in total. The predicted octanol–water partition coefficient (Wildman–Crippen LogP) is 3.13. The zero-order valence-electron chi connectivity index (χ0n) is 16.7. The number of unbranched alkanes of at least 4 members (excludes halogenated alkanes) is 1. The number of rotatable bonds is 8. The first-order valence-corrected chi connectivity index (χ1v) is 10.6. The van der Waals surface area contributed by atoms with Crippen LogP contribution in [0.4, 0.5) is 5.69 Å². The van der Waals surface area contributed by atoms with Crippen molar-refractivity contribution in [3.63, 3.8) is 0 Å². The van der Waals surface area contributed by atoms with Crippen molar-refractivity contribution in [3.05, 3.63) is 29.8 Å². The quantitative estimate of drug-likeness (QED) is 0.686. The van der Waals surface area contributed by atoms with Crippen molar-refractivity contribution in [3.8, 4) is 0 Å². The third-order valence-corrected chi connectivity index (χ3v) is 6.15. The monoisotopic (exact) mass is 373 g/mol. The van der Waals surface area contributed by atoms with Gasteiger partial charge >= 0.3 is 5.97 Å². The van der Waals surface area contributed by atoms with Crippen LogP contribution in [0.5, 0.6) is 0 Å². The van der Waals surface area contributed by atoms with Crippen LogP contribution < -0.4 is 10.2 Å². The van der Waals surface area contributed by atoms with Crippen molar-refractivity contribution in [2.75, 3.05) is 44.2 Å². The molecule has 2 aliphatic rings. The highest BCUT2D eigenvalue weighted by Gasteiger charge is 2.25. The summed E-state index contributed by atoms with van der Waals surface area (Å²) in [6.07, 6.45) is 6.13. The van der Waals surface area contributed by atoms with Gasteiger partial charge in [0.1, 0.15) is 0 Å². The Morgan fingerprint density at radius 1 is 1.11 bits per heavy atom. The van der Waals surface area contributed by atoms with Crippen molar-refractivity contribution in [1.82, 2.24) is 10.2 Å². The molecule has 1 aliphatic heterocycles. The van der Waals surface area contributed by atoms with Gasteiger partial charge in [-0.3, -0.25) is 9.69 Å². The number of benzene rings is 1. The molecule has 0 atom stereocenters. The second kappa shape index (κ2) is 10.1. The van der Waals surface area contributed by atoms with Crippen molar-refractivity contribution in [2.24, 2.45) is 5.92 Å². The third kappa shape index (κ3) is 6.22. The van der Waals surface area contributed by atoms with Crippen molar-refractivity contribution < 1.29 is 9.90 Å². The Morgan fingerprint density at radius 3 is 2.52 bits per heavy atom. The Kier molecular flexibility index (Phi) is 7.53. The molecule has 1 aliphatic carbocycles. The minimum atomic E-state index is -0.615. The number of anilines is 1. The van der Waals surface area contributed by atoms with Crippen molar-refractivity contribution in [1.29, 1.82) is 0 Å². The molecular formula is C22H35N3O2.